The van der Waals surface area contributed by atoms with Gasteiger partial charge in [-0.1, -0.05) is 0 Å². The van der Waals surface area contributed by atoms with Crippen molar-refractivity contribution in [2.24, 2.45) is 17.3 Å². The lowest BCUT2D eigenvalue weighted by Crippen LogP contribution is -2.56. The van der Waals surface area contributed by atoms with E-state index < -0.39 is 21.2 Å². The summed E-state index contributed by atoms with van der Waals surface area (Å²) in [5.74, 6) is 0.310. The molecule has 5 fully saturated rings. The SMILES string of the molecule is O=C(COC(=O)C12C[C@@H]3C[C@@H](CC(Cl)(C3)C1)C2)N[C@H]1CCS(=O)(=O)C1. The fraction of sp³-hybridized carbons (Fsp3) is 0.882. The van der Waals surface area contributed by atoms with Gasteiger partial charge in [0.05, 0.1) is 16.9 Å². The van der Waals surface area contributed by atoms with Crippen LogP contribution in [0.1, 0.15) is 44.9 Å². The zero-order valence-corrected chi connectivity index (χ0v) is 15.7. The lowest BCUT2D eigenvalue weighted by atomic mass is 9.49. The third kappa shape index (κ3) is 3.42. The zero-order valence-electron chi connectivity index (χ0n) is 14.1. The van der Waals surface area contributed by atoms with E-state index in [-0.39, 0.29) is 35.0 Å². The molecule has 2 unspecified atom stereocenters. The maximum Gasteiger partial charge on any atom is 0.312 e. The van der Waals surface area contributed by atoms with Gasteiger partial charge in [0.15, 0.2) is 16.4 Å². The molecule has 6 nitrogen and oxygen atoms in total. The van der Waals surface area contributed by atoms with Gasteiger partial charge in [0.1, 0.15) is 0 Å². The van der Waals surface area contributed by atoms with Crippen LogP contribution in [0.2, 0.25) is 0 Å². The first-order chi connectivity index (χ1) is 11.7. The highest BCUT2D eigenvalue weighted by molar-refractivity contribution is 7.91. The number of rotatable bonds is 4. The average Bonchev–Trinajstić information content (AvgIpc) is 2.81. The monoisotopic (exact) mass is 389 g/mol. The van der Waals surface area contributed by atoms with Gasteiger partial charge in [-0.15, -0.1) is 11.6 Å². The van der Waals surface area contributed by atoms with E-state index in [1.165, 1.54) is 0 Å². The molecule has 4 saturated carbocycles. The van der Waals surface area contributed by atoms with Gasteiger partial charge in [0.2, 0.25) is 0 Å². The number of sulfone groups is 1. The molecule has 4 bridgehead atoms. The van der Waals surface area contributed by atoms with E-state index in [0.29, 0.717) is 24.7 Å². The van der Waals surface area contributed by atoms with Crippen molar-refractivity contribution >= 4 is 33.3 Å². The first-order valence-electron chi connectivity index (χ1n) is 9.03. The number of carbonyl (C=O) groups excluding carboxylic acids is 2. The summed E-state index contributed by atoms with van der Waals surface area (Å²) in [4.78, 5) is 24.4. The Balaban J connectivity index is 1.33. The second-order valence-corrected chi connectivity index (χ2v) is 11.7. The summed E-state index contributed by atoms with van der Waals surface area (Å²) in [7, 11) is -3.05. The molecule has 1 heterocycles. The molecule has 8 heteroatoms. The minimum absolute atomic E-state index is 0.0330. The van der Waals surface area contributed by atoms with Crippen LogP contribution in [0, 0.1) is 17.3 Å². The zero-order chi connectivity index (χ0) is 17.9. The lowest BCUT2D eigenvalue weighted by Gasteiger charge is -2.58. The van der Waals surface area contributed by atoms with Crippen LogP contribution in [-0.4, -0.2) is 49.3 Å². The fourth-order valence-corrected chi connectivity index (χ4v) is 8.22. The Morgan fingerprint density at radius 3 is 2.40 bits per heavy atom. The number of carbonyl (C=O) groups is 2. The lowest BCUT2D eigenvalue weighted by molar-refractivity contribution is -0.171. The minimum Gasteiger partial charge on any atom is -0.455 e. The Bertz CT molecular complexity index is 692. The van der Waals surface area contributed by atoms with Crippen molar-refractivity contribution in [1.82, 2.24) is 5.32 Å². The summed E-state index contributed by atoms with van der Waals surface area (Å²) in [6, 6.07) is -0.373. The van der Waals surface area contributed by atoms with E-state index in [4.69, 9.17) is 16.3 Å². The molecule has 4 aliphatic carbocycles. The van der Waals surface area contributed by atoms with Crippen molar-refractivity contribution in [3.8, 4) is 0 Å². The standard InChI is InChI=1S/C17H24ClNO5S/c18-17-6-11-3-12(7-17)5-16(4-11,10-17)15(21)24-8-14(20)19-13-1-2-25(22,23)9-13/h11-13H,1-10H2,(H,19,20)/t11-,12+,13-,16?,17?/m0/s1. The number of nitrogens with one attached hydrogen (secondary N) is 1. The molecule has 5 atom stereocenters. The number of amides is 1. The largest absolute Gasteiger partial charge is 0.455 e. The first kappa shape index (κ1) is 17.6. The van der Waals surface area contributed by atoms with Crippen LogP contribution in [0.15, 0.2) is 0 Å². The van der Waals surface area contributed by atoms with Gasteiger partial charge >= 0.3 is 5.97 Å². The summed E-state index contributed by atoms with van der Waals surface area (Å²) in [6.45, 7) is -0.345. The Labute approximate surface area is 152 Å². The quantitative estimate of drug-likeness (QED) is 0.580. The molecule has 0 aromatic rings. The summed E-state index contributed by atoms with van der Waals surface area (Å²) >= 11 is 6.72. The van der Waals surface area contributed by atoms with Crippen molar-refractivity contribution in [3.05, 3.63) is 0 Å². The van der Waals surface area contributed by atoms with Crippen LogP contribution < -0.4 is 5.32 Å². The maximum atomic E-state index is 12.7. The smallest absolute Gasteiger partial charge is 0.312 e. The number of hydrogen-bond acceptors (Lipinski definition) is 5. The maximum absolute atomic E-state index is 12.7. The number of hydrogen-bond donors (Lipinski definition) is 1. The second kappa shape index (κ2) is 5.84. The van der Waals surface area contributed by atoms with E-state index in [0.717, 1.165) is 32.1 Å². The molecule has 25 heavy (non-hydrogen) atoms. The number of esters is 1. The van der Waals surface area contributed by atoms with E-state index in [1.54, 1.807) is 0 Å². The average molecular weight is 390 g/mol. The molecule has 0 aromatic heterocycles. The molecule has 1 aliphatic heterocycles. The Hall–Kier alpha value is -0.820. The van der Waals surface area contributed by atoms with Crippen molar-refractivity contribution < 1.29 is 22.7 Å². The summed E-state index contributed by atoms with van der Waals surface area (Å²) in [6.07, 6.45) is 5.83. The summed E-state index contributed by atoms with van der Waals surface area (Å²) in [5.41, 5.74) is -0.525. The van der Waals surface area contributed by atoms with Crippen LogP contribution in [0.5, 0.6) is 0 Å². The third-order valence-electron chi connectivity index (χ3n) is 6.35. The molecule has 1 N–H and O–H groups in total. The van der Waals surface area contributed by atoms with Gasteiger partial charge in [-0.05, 0) is 56.8 Å². The van der Waals surface area contributed by atoms with Crippen molar-refractivity contribution in [2.75, 3.05) is 18.1 Å². The van der Waals surface area contributed by atoms with E-state index >= 15 is 0 Å². The summed E-state index contributed by atoms with van der Waals surface area (Å²) < 4.78 is 28.2. The first-order valence-corrected chi connectivity index (χ1v) is 11.2. The molecule has 5 rings (SSSR count). The molecule has 5 aliphatic rings. The van der Waals surface area contributed by atoms with Gasteiger partial charge in [0.25, 0.3) is 5.91 Å². The minimum atomic E-state index is -3.05. The molecule has 1 amide bonds. The van der Waals surface area contributed by atoms with Crippen molar-refractivity contribution in [3.63, 3.8) is 0 Å². The van der Waals surface area contributed by atoms with Crippen LogP contribution in [0.25, 0.3) is 0 Å². The molecule has 140 valence electrons. The van der Waals surface area contributed by atoms with Gasteiger partial charge in [-0.25, -0.2) is 8.42 Å². The van der Waals surface area contributed by atoms with Gasteiger partial charge in [-0.3, -0.25) is 9.59 Å². The normalized spacial score (nSPS) is 43.8. The Morgan fingerprint density at radius 2 is 1.84 bits per heavy atom. The number of halogens is 1. The predicted octanol–water partition coefficient (Wildman–Crippen LogP) is 1.41. The predicted molar refractivity (Wildman–Crippen MR) is 91.9 cm³/mol. The van der Waals surface area contributed by atoms with E-state index in [2.05, 4.69) is 5.32 Å². The molecular weight excluding hydrogens is 366 g/mol. The van der Waals surface area contributed by atoms with Crippen LogP contribution in [0.3, 0.4) is 0 Å². The highest BCUT2D eigenvalue weighted by atomic mass is 35.5. The Kier molecular flexibility index (Phi) is 4.11. The van der Waals surface area contributed by atoms with Crippen LogP contribution in [-0.2, 0) is 24.2 Å². The molecule has 1 saturated heterocycles. The van der Waals surface area contributed by atoms with Crippen molar-refractivity contribution in [1.29, 1.82) is 0 Å². The summed E-state index contributed by atoms with van der Waals surface area (Å²) in [5, 5.41) is 2.65. The van der Waals surface area contributed by atoms with Gasteiger partial charge < -0.3 is 10.1 Å². The van der Waals surface area contributed by atoms with Gasteiger partial charge in [0, 0.05) is 10.9 Å². The van der Waals surface area contributed by atoms with Crippen LogP contribution >= 0.6 is 11.6 Å². The molecule has 0 radical (unpaired) electrons. The van der Waals surface area contributed by atoms with E-state index in [1.807, 2.05) is 0 Å². The molecule has 0 spiro atoms. The highest BCUT2D eigenvalue weighted by Crippen LogP contribution is 2.64. The third-order valence-corrected chi connectivity index (χ3v) is 8.56. The topological polar surface area (TPSA) is 89.5 Å². The molecular formula is C17H24ClNO5S. The number of ether oxygens (including phenoxy) is 1. The number of alkyl halides is 1. The van der Waals surface area contributed by atoms with E-state index in [9.17, 15) is 18.0 Å². The second-order valence-electron chi connectivity index (χ2n) is 8.64. The van der Waals surface area contributed by atoms with Gasteiger partial charge in [-0.2, -0.15) is 0 Å². The molecule has 0 aromatic carbocycles. The highest BCUT2D eigenvalue weighted by Gasteiger charge is 2.60. The Morgan fingerprint density at radius 1 is 1.16 bits per heavy atom. The van der Waals surface area contributed by atoms with Crippen LogP contribution in [0.4, 0.5) is 0 Å². The van der Waals surface area contributed by atoms with Crippen molar-refractivity contribution in [2.45, 2.75) is 55.9 Å². The fourth-order valence-electron chi connectivity index (χ4n) is 5.85.